The van der Waals surface area contributed by atoms with Crippen LogP contribution in [0.5, 0.6) is 0 Å². The van der Waals surface area contributed by atoms with Crippen molar-refractivity contribution in [3.63, 3.8) is 0 Å². The number of nitrogens with zero attached hydrogens (tertiary/aromatic N) is 1. The lowest BCUT2D eigenvalue weighted by Crippen LogP contribution is -2.58. The van der Waals surface area contributed by atoms with E-state index < -0.39 is 0 Å². The zero-order valence-corrected chi connectivity index (χ0v) is 14.7. The molecule has 0 aromatic rings. The molecule has 1 fully saturated rings. The summed E-state index contributed by atoms with van der Waals surface area (Å²) < 4.78 is 0. The number of hydrogen-bond acceptors (Lipinski definition) is 2. The second kappa shape index (κ2) is 9.04. The molecule has 120 valence electrons. The maximum Gasteiger partial charge on any atom is 0.0306 e. The lowest BCUT2D eigenvalue weighted by atomic mass is 9.86. The number of hydrogen-bond donors (Lipinski definition) is 1. The predicted octanol–water partition coefficient (Wildman–Crippen LogP) is 4.45. The number of rotatable bonds is 8. The Labute approximate surface area is 127 Å². The van der Waals surface area contributed by atoms with Crippen molar-refractivity contribution in [2.45, 2.75) is 91.1 Å². The average Bonchev–Trinajstić information content (AvgIpc) is 2.67. The van der Waals surface area contributed by atoms with Gasteiger partial charge in [0.15, 0.2) is 0 Å². The molecule has 0 bridgehead atoms. The first kappa shape index (κ1) is 18.0. The highest BCUT2D eigenvalue weighted by molar-refractivity contribution is 4.94. The van der Waals surface area contributed by atoms with Crippen molar-refractivity contribution in [3.05, 3.63) is 0 Å². The molecule has 1 aliphatic rings. The fraction of sp³-hybridized carbons (Fsp3) is 1.00. The molecule has 0 radical (unpaired) electrons. The van der Waals surface area contributed by atoms with Crippen LogP contribution < -0.4 is 5.32 Å². The predicted molar refractivity (Wildman–Crippen MR) is 90.3 cm³/mol. The van der Waals surface area contributed by atoms with Crippen LogP contribution in [0.15, 0.2) is 0 Å². The van der Waals surface area contributed by atoms with E-state index in [1.165, 1.54) is 58.0 Å². The van der Waals surface area contributed by atoms with Gasteiger partial charge < -0.3 is 5.32 Å². The maximum absolute atomic E-state index is 3.84. The van der Waals surface area contributed by atoms with Crippen molar-refractivity contribution in [2.75, 3.05) is 19.6 Å². The molecular formula is C18H38N2. The quantitative estimate of drug-likeness (QED) is 0.708. The summed E-state index contributed by atoms with van der Waals surface area (Å²) in [6.45, 7) is 15.6. The molecule has 2 heteroatoms. The Hall–Kier alpha value is -0.0800. The van der Waals surface area contributed by atoms with Crippen LogP contribution in [0.25, 0.3) is 0 Å². The minimum absolute atomic E-state index is 0.286. The van der Waals surface area contributed by atoms with Gasteiger partial charge in [-0.1, -0.05) is 33.6 Å². The first-order chi connectivity index (χ1) is 9.48. The molecule has 1 saturated heterocycles. The van der Waals surface area contributed by atoms with Crippen LogP contribution in [0.2, 0.25) is 0 Å². The summed E-state index contributed by atoms with van der Waals surface area (Å²) in [5.74, 6) is 0.806. The van der Waals surface area contributed by atoms with Crippen LogP contribution in [0.3, 0.4) is 0 Å². The SMILES string of the molecule is CCCNC(CCC(C)C)C(C)(C)N1CCCCCC1. The molecule has 0 aliphatic carbocycles. The minimum Gasteiger partial charge on any atom is -0.312 e. The van der Waals surface area contributed by atoms with E-state index in [9.17, 15) is 0 Å². The van der Waals surface area contributed by atoms with E-state index >= 15 is 0 Å². The third-order valence-electron chi connectivity index (χ3n) is 4.95. The van der Waals surface area contributed by atoms with Crippen molar-refractivity contribution < 1.29 is 0 Å². The summed E-state index contributed by atoms with van der Waals surface area (Å²) in [4.78, 5) is 2.76. The van der Waals surface area contributed by atoms with Crippen molar-refractivity contribution in [1.29, 1.82) is 0 Å². The first-order valence-electron chi connectivity index (χ1n) is 8.97. The highest BCUT2D eigenvalue weighted by atomic mass is 15.2. The summed E-state index contributed by atoms with van der Waals surface area (Å²) >= 11 is 0. The fourth-order valence-corrected chi connectivity index (χ4v) is 3.39. The van der Waals surface area contributed by atoms with Crippen molar-refractivity contribution >= 4 is 0 Å². The van der Waals surface area contributed by atoms with Gasteiger partial charge in [0.1, 0.15) is 0 Å². The van der Waals surface area contributed by atoms with Crippen molar-refractivity contribution in [1.82, 2.24) is 10.2 Å². The lowest BCUT2D eigenvalue weighted by molar-refractivity contribution is 0.0778. The molecule has 1 atom stereocenters. The standard InChI is InChI=1S/C18H38N2/c1-6-13-19-17(12-11-16(2)3)18(4,5)20-14-9-7-8-10-15-20/h16-17,19H,6-15H2,1-5H3. The van der Waals surface area contributed by atoms with E-state index in [0.717, 1.165) is 12.5 Å². The summed E-state index contributed by atoms with van der Waals surface area (Å²) in [5, 5.41) is 3.84. The van der Waals surface area contributed by atoms with Gasteiger partial charge in [0.25, 0.3) is 0 Å². The number of nitrogens with one attached hydrogen (secondary N) is 1. The van der Waals surface area contributed by atoms with Crippen LogP contribution in [-0.2, 0) is 0 Å². The van der Waals surface area contributed by atoms with E-state index in [2.05, 4.69) is 44.8 Å². The second-order valence-electron chi connectivity index (χ2n) is 7.53. The average molecular weight is 283 g/mol. The van der Waals surface area contributed by atoms with Crippen LogP contribution >= 0.6 is 0 Å². The Kier molecular flexibility index (Phi) is 8.13. The molecule has 1 rings (SSSR count). The van der Waals surface area contributed by atoms with Gasteiger partial charge in [-0.15, -0.1) is 0 Å². The number of likely N-dealkylation sites (tertiary alicyclic amines) is 1. The third kappa shape index (κ3) is 5.73. The van der Waals surface area contributed by atoms with E-state index in [1.54, 1.807) is 0 Å². The molecule has 0 aromatic carbocycles. The topological polar surface area (TPSA) is 15.3 Å². The second-order valence-corrected chi connectivity index (χ2v) is 7.53. The zero-order valence-electron chi connectivity index (χ0n) is 14.7. The monoisotopic (exact) mass is 282 g/mol. The molecule has 1 aliphatic heterocycles. The molecule has 1 heterocycles. The molecule has 0 amide bonds. The maximum atomic E-state index is 3.84. The van der Waals surface area contributed by atoms with Gasteiger partial charge in [-0.05, 0) is 71.5 Å². The van der Waals surface area contributed by atoms with Crippen LogP contribution in [0.1, 0.15) is 79.6 Å². The van der Waals surface area contributed by atoms with E-state index in [4.69, 9.17) is 0 Å². The Morgan fingerprint density at radius 1 is 1.00 bits per heavy atom. The van der Waals surface area contributed by atoms with Gasteiger partial charge in [0.05, 0.1) is 0 Å². The molecule has 2 nitrogen and oxygen atoms in total. The van der Waals surface area contributed by atoms with E-state index in [0.29, 0.717) is 6.04 Å². The molecule has 20 heavy (non-hydrogen) atoms. The highest BCUT2D eigenvalue weighted by Gasteiger charge is 2.34. The van der Waals surface area contributed by atoms with Crippen molar-refractivity contribution in [2.24, 2.45) is 5.92 Å². The molecule has 0 aromatic heterocycles. The summed E-state index contributed by atoms with van der Waals surface area (Å²) in [6.07, 6.45) is 9.48. The zero-order chi connectivity index (χ0) is 15.0. The van der Waals surface area contributed by atoms with Crippen molar-refractivity contribution in [3.8, 4) is 0 Å². The largest absolute Gasteiger partial charge is 0.312 e. The Balaban J connectivity index is 2.67. The van der Waals surface area contributed by atoms with E-state index in [1.807, 2.05) is 0 Å². The molecule has 1 unspecified atom stereocenters. The fourth-order valence-electron chi connectivity index (χ4n) is 3.39. The normalized spacial score (nSPS) is 20.1. The van der Waals surface area contributed by atoms with Gasteiger partial charge in [0.2, 0.25) is 0 Å². The third-order valence-corrected chi connectivity index (χ3v) is 4.95. The molecule has 0 saturated carbocycles. The van der Waals surface area contributed by atoms with Gasteiger partial charge in [0, 0.05) is 11.6 Å². The van der Waals surface area contributed by atoms with Gasteiger partial charge in [-0.25, -0.2) is 0 Å². The van der Waals surface area contributed by atoms with Crippen LogP contribution in [-0.4, -0.2) is 36.1 Å². The van der Waals surface area contributed by atoms with Gasteiger partial charge >= 0.3 is 0 Å². The van der Waals surface area contributed by atoms with Crippen LogP contribution in [0, 0.1) is 5.92 Å². The highest BCUT2D eigenvalue weighted by Crippen LogP contribution is 2.26. The molecule has 0 spiro atoms. The Morgan fingerprint density at radius 2 is 1.60 bits per heavy atom. The summed E-state index contributed by atoms with van der Waals surface area (Å²) in [6, 6.07) is 0.628. The lowest BCUT2D eigenvalue weighted by Gasteiger charge is -2.45. The smallest absolute Gasteiger partial charge is 0.0306 e. The van der Waals surface area contributed by atoms with E-state index in [-0.39, 0.29) is 5.54 Å². The summed E-state index contributed by atoms with van der Waals surface area (Å²) in [7, 11) is 0. The van der Waals surface area contributed by atoms with Crippen LogP contribution in [0.4, 0.5) is 0 Å². The molecule has 1 N–H and O–H groups in total. The summed E-state index contributed by atoms with van der Waals surface area (Å²) in [5.41, 5.74) is 0.286. The minimum atomic E-state index is 0.286. The van der Waals surface area contributed by atoms with Gasteiger partial charge in [-0.2, -0.15) is 0 Å². The first-order valence-corrected chi connectivity index (χ1v) is 8.97. The Bertz CT molecular complexity index is 240. The Morgan fingerprint density at radius 3 is 2.10 bits per heavy atom. The molecular weight excluding hydrogens is 244 g/mol. The van der Waals surface area contributed by atoms with Gasteiger partial charge in [-0.3, -0.25) is 4.90 Å².